The van der Waals surface area contributed by atoms with E-state index < -0.39 is 23.5 Å². The molecule has 0 saturated carbocycles. The van der Waals surface area contributed by atoms with Gasteiger partial charge in [-0.2, -0.15) is 18.3 Å². The summed E-state index contributed by atoms with van der Waals surface area (Å²) in [4.78, 5) is 19.6. The number of rotatable bonds is 4. The largest absolute Gasteiger partial charge is 0.419 e. The Kier molecular flexibility index (Phi) is 5.91. The van der Waals surface area contributed by atoms with Gasteiger partial charge in [-0.3, -0.25) is 9.48 Å². The van der Waals surface area contributed by atoms with Gasteiger partial charge in [0.05, 0.1) is 23.5 Å². The van der Waals surface area contributed by atoms with Gasteiger partial charge in [0.2, 0.25) is 0 Å². The molecule has 0 aliphatic carbocycles. The lowest BCUT2D eigenvalue weighted by atomic mass is 10.0. The molecule has 0 fully saturated rings. The second kappa shape index (κ2) is 9.07. The molecule has 0 radical (unpaired) electrons. The number of anilines is 1. The molecule has 0 spiro atoms. The number of carbonyl (C=O) groups excluding carboxylic acids is 1. The molecule has 5 nitrogen and oxygen atoms in total. The Labute approximate surface area is 204 Å². The predicted molar refractivity (Wildman–Crippen MR) is 128 cm³/mol. The maximum Gasteiger partial charge on any atom is 0.419 e. The second-order valence-electron chi connectivity index (χ2n) is 8.44. The zero-order valence-electron chi connectivity index (χ0n) is 19.1. The molecule has 4 aromatic rings. The minimum absolute atomic E-state index is 0.0334. The van der Waals surface area contributed by atoms with Gasteiger partial charge >= 0.3 is 6.18 Å². The van der Waals surface area contributed by atoms with E-state index in [1.807, 2.05) is 67.6 Å². The van der Waals surface area contributed by atoms with Crippen molar-refractivity contribution < 1.29 is 22.4 Å². The van der Waals surface area contributed by atoms with Gasteiger partial charge in [0.25, 0.3) is 5.91 Å². The van der Waals surface area contributed by atoms with Crippen LogP contribution >= 0.6 is 0 Å². The lowest BCUT2D eigenvalue weighted by Crippen LogP contribution is -2.42. The average Bonchev–Trinajstić information content (AvgIpc) is 3.30. The minimum Gasteiger partial charge on any atom is -0.305 e. The number of amides is 1. The van der Waals surface area contributed by atoms with Crippen LogP contribution in [0.4, 0.5) is 28.9 Å². The first-order valence-corrected chi connectivity index (χ1v) is 11.2. The summed E-state index contributed by atoms with van der Waals surface area (Å²) < 4.78 is 54.9. The average molecular weight is 492 g/mol. The molecule has 5 rings (SSSR count). The molecule has 1 aromatic heterocycles. The Bertz CT molecular complexity index is 1400. The van der Waals surface area contributed by atoms with Crippen molar-refractivity contribution >= 4 is 23.0 Å². The zero-order chi connectivity index (χ0) is 25.4. The van der Waals surface area contributed by atoms with Crippen molar-refractivity contribution in [2.45, 2.75) is 19.1 Å². The summed E-state index contributed by atoms with van der Waals surface area (Å²) in [5.74, 6) is -1.96. The van der Waals surface area contributed by atoms with E-state index in [2.05, 4.69) is 5.10 Å². The van der Waals surface area contributed by atoms with Gasteiger partial charge < -0.3 is 4.90 Å². The molecule has 0 bridgehead atoms. The molecule has 36 heavy (non-hydrogen) atoms. The molecule has 1 aliphatic rings. The number of alkyl halides is 3. The summed E-state index contributed by atoms with van der Waals surface area (Å²) in [5, 5.41) is 4.36. The van der Waals surface area contributed by atoms with Crippen LogP contribution in [0.5, 0.6) is 0 Å². The van der Waals surface area contributed by atoms with Gasteiger partial charge in [0, 0.05) is 23.4 Å². The summed E-state index contributed by atoms with van der Waals surface area (Å²) in [7, 11) is 0. The predicted octanol–water partition coefficient (Wildman–Crippen LogP) is 6.43. The van der Waals surface area contributed by atoms with E-state index in [0.717, 1.165) is 23.3 Å². The highest BCUT2D eigenvalue weighted by atomic mass is 19.4. The van der Waals surface area contributed by atoms with Gasteiger partial charge in [-0.25, -0.2) is 9.38 Å². The highest BCUT2D eigenvalue weighted by Gasteiger charge is 2.37. The fourth-order valence-electron chi connectivity index (χ4n) is 4.26. The van der Waals surface area contributed by atoms with Crippen molar-refractivity contribution in [3.05, 3.63) is 113 Å². The number of aromatic nitrogens is 2. The van der Waals surface area contributed by atoms with Crippen LogP contribution in [0.25, 0.3) is 0 Å². The first kappa shape index (κ1) is 23.5. The van der Waals surface area contributed by atoms with Gasteiger partial charge in [0.15, 0.2) is 5.69 Å². The Balaban J connectivity index is 1.59. The SMILES string of the molecule is C[C@H]1CN(c2ccc(C(F)(F)F)c(F)c2)C(=O)c2c(N=C(c3ccccc3)c3ccccc3)cnn21. The van der Waals surface area contributed by atoms with E-state index in [0.29, 0.717) is 17.5 Å². The van der Waals surface area contributed by atoms with Crippen LogP contribution in [-0.4, -0.2) is 27.9 Å². The van der Waals surface area contributed by atoms with Crippen molar-refractivity contribution in [1.82, 2.24) is 9.78 Å². The standard InChI is InChI=1S/C27H20F4N4O/c1-17-16-34(20-12-13-21(22(28)14-20)27(29,30)31)26(36)25-23(15-32-35(17)25)33-24(18-8-4-2-5-9-18)19-10-6-3-7-11-19/h2-15,17H,16H2,1H3/t17-/m0/s1. The maximum absolute atomic E-state index is 14.3. The van der Waals surface area contributed by atoms with E-state index in [-0.39, 0.29) is 24.0 Å². The molecule has 182 valence electrons. The van der Waals surface area contributed by atoms with Gasteiger partial charge in [0.1, 0.15) is 11.5 Å². The van der Waals surface area contributed by atoms with Crippen molar-refractivity contribution in [1.29, 1.82) is 0 Å². The molecule has 1 aliphatic heterocycles. The third kappa shape index (κ3) is 4.28. The van der Waals surface area contributed by atoms with E-state index in [1.165, 1.54) is 11.1 Å². The third-order valence-corrected chi connectivity index (χ3v) is 5.98. The van der Waals surface area contributed by atoms with Crippen molar-refractivity contribution in [2.75, 3.05) is 11.4 Å². The first-order chi connectivity index (χ1) is 17.2. The number of aliphatic imine (C=N–C) groups is 1. The van der Waals surface area contributed by atoms with Crippen LogP contribution < -0.4 is 4.90 Å². The van der Waals surface area contributed by atoms with Crippen LogP contribution in [-0.2, 0) is 6.18 Å². The number of carbonyl (C=O) groups is 1. The normalized spacial score (nSPS) is 15.5. The van der Waals surface area contributed by atoms with E-state index >= 15 is 0 Å². The number of hydrogen-bond acceptors (Lipinski definition) is 3. The Morgan fingerprint density at radius 1 is 0.972 bits per heavy atom. The number of hydrogen-bond donors (Lipinski definition) is 0. The van der Waals surface area contributed by atoms with Crippen LogP contribution in [0.1, 0.15) is 40.1 Å². The summed E-state index contributed by atoms with van der Waals surface area (Å²) in [6.45, 7) is 1.94. The molecule has 2 heterocycles. The second-order valence-corrected chi connectivity index (χ2v) is 8.44. The molecule has 3 aromatic carbocycles. The number of halogens is 4. The van der Waals surface area contributed by atoms with Gasteiger partial charge in [-0.05, 0) is 25.1 Å². The fraction of sp³-hybridized carbons (Fsp3) is 0.148. The number of benzene rings is 3. The molecular formula is C27H20F4N4O. The van der Waals surface area contributed by atoms with Gasteiger partial charge in [-0.1, -0.05) is 60.7 Å². The van der Waals surface area contributed by atoms with Crippen molar-refractivity contribution in [2.24, 2.45) is 4.99 Å². The third-order valence-electron chi connectivity index (χ3n) is 5.98. The molecule has 1 amide bonds. The maximum atomic E-state index is 14.3. The molecule has 9 heteroatoms. The van der Waals surface area contributed by atoms with E-state index in [4.69, 9.17) is 4.99 Å². The summed E-state index contributed by atoms with van der Waals surface area (Å²) in [6, 6.07) is 21.1. The monoisotopic (exact) mass is 492 g/mol. The molecule has 0 unspecified atom stereocenters. The fourth-order valence-corrected chi connectivity index (χ4v) is 4.26. The highest BCUT2D eigenvalue weighted by molar-refractivity contribution is 6.15. The smallest absolute Gasteiger partial charge is 0.305 e. The first-order valence-electron chi connectivity index (χ1n) is 11.2. The number of nitrogens with zero attached hydrogens (tertiary/aromatic N) is 4. The van der Waals surface area contributed by atoms with E-state index in [1.54, 1.807) is 4.68 Å². The lowest BCUT2D eigenvalue weighted by Gasteiger charge is -2.32. The summed E-state index contributed by atoms with van der Waals surface area (Å²) in [6.07, 6.45) is -3.33. The van der Waals surface area contributed by atoms with E-state index in [9.17, 15) is 22.4 Å². The quantitative estimate of drug-likeness (QED) is 0.244. The summed E-state index contributed by atoms with van der Waals surface area (Å²) >= 11 is 0. The Morgan fingerprint density at radius 3 is 2.14 bits per heavy atom. The lowest BCUT2D eigenvalue weighted by molar-refractivity contribution is -0.139. The topological polar surface area (TPSA) is 50.5 Å². The molecule has 1 atom stereocenters. The Hall–Kier alpha value is -4.27. The highest BCUT2D eigenvalue weighted by Crippen LogP contribution is 2.36. The van der Waals surface area contributed by atoms with Crippen molar-refractivity contribution in [3.8, 4) is 0 Å². The molecular weight excluding hydrogens is 472 g/mol. The Morgan fingerprint density at radius 2 is 1.58 bits per heavy atom. The van der Waals surface area contributed by atoms with Gasteiger partial charge in [-0.15, -0.1) is 0 Å². The molecule has 0 N–H and O–H groups in total. The zero-order valence-corrected chi connectivity index (χ0v) is 19.1. The van der Waals surface area contributed by atoms with Crippen LogP contribution in [0.3, 0.4) is 0 Å². The summed E-state index contributed by atoms with van der Waals surface area (Å²) in [5.41, 5.74) is 1.44. The molecule has 0 saturated heterocycles. The van der Waals surface area contributed by atoms with Crippen LogP contribution in [0.2, 0.25) is 0 Å². The minimum atomic E-state index is -4.83. The van der Waals surface area contributed by atoms with Crippen LogP contribution in [0, 0.1) is 5.82 Å². The van der Waals surface area contributed by atoms with Crippen molar-refractivity contribution in [3.63, 3.8) is 0 Å². The van der Waals surface area contributed by atoms with Crippen LogP contribution in [0.15, 0.2) is 90.1 Å². The number of fused-ring (bicyclic) bond motifs is 1.